The summed E-state index contributed by atoms with van der Waals surface area (Å²) in [5.41, 5.74) is 0.541. The minimum absolute atomic E-state index is 0.151. The Morgan fingerprint density at radius 3 is 3.00 bits per heavy atom. The number of terminal acetylenes is 1. The van der Waals surface area contributed by atoms with E-state index < -0.39 is 5.82 Å². The molecule has 1 rings (SSSR count). The average molecular weight is 207 g/mol. The molecule has 0 saturated carbocycles. The van der Waals surface area contributed by atoms with E-state index in [4.69, 9.17) is 6.42 Å². The number of nitrogens with one attached hydrogen (secondary N) is 1. The van der Waals surface area contributed by atoms with Crippen LogP contribution in [0.2, 0.25) is 0 Å². The van der Waals surface area contributed by atoms with E-state index in [0.717, 1.165) is 0 Å². The van der Waals surface area contributed by atoms with Crippen molar-refractivity contribution in [3.8, 4) is 18.1 Å². The third-order valence-electron chi connectivity index (χ3n) is 2.14. The van der Waals surface area contributed by atoms with Gasteiger partial charge in [0, 0.05) is 24.6 Å². The van der Waals surface area contributed by atoms with E-state index in [1.165, 1.54) is 6.07 Å². The predicted molar refractivity (Wildman–Crippen MR) is 57.8 cm³/mol. The maximum atomic E-state index is 12.9. The Balaban J connectivity index is 2.58. The number of aromatic hydroxyl groups is 1. The van der Waals surface area contributed by atoms with Gasteiger partial charge in [0.2, 0.25) is 0 Å². The SMILES string of the molecule is C#CCC(C)NCc1cccc(F)c1O. The molecule has 15 heavy (non-hydrogen) atoms. The summed E-state index contributed by atoms with van der Waals surface area (Å²) >= 11 is 0. The molecule has 1 unspecified atom stereocenters. The quantitative estimate of drug-likeness (QED) is 0.740. The Kier molecular flexibility index (Phi) is 4.14. The summed E-state index contributed by atoms with van der Waals surface area (Å²) < 4.78 is 12.9. The third-order valence-corrected chi connectivity index (χ3v) is 2.14. The van der Waals surface area contributed by atoms with Crippen LogP contribution in [-0.4, -0.2) is 11.1 Å². The van der Waals surface area contributed by atoms with Crippen LogP contribution in [-0.2, 0) is 6.54 Å². The predicted octanol–water partition coefficient (Wildman–Crippen LogP) is 2.03. The fourth-order valence-electron chi connectivity index (χ4n) is 1.24. The second-order valence-corrected chi connectivity index (χ2v) is 3.44. The summed E-state index contributed by atoms with van der Waals surface area (Å²) in [5, 5.41) is 12.5. The van der Waals surface area contributed by atoms with Crippen LogP contribution in [0.25, 0.3) is 0 Å². The van der Waals surface area contributed by atoms with Gasteiger partial charge in [-0.3, -0.25) is 0 Å². The van der Waals surface area contributed by atoms with Crippen molar-refractivity contribution in [1.29, 1.82) is 0 Å². The highest BCUT2D eigenvalue weighted by molar-refractivity contribution is 5.33. The van der Waals surface area contributed by atoms with Crippen LogP contribution in [0, 0.1) is 18.2 Å². The molecule has 0 fully saturated rings. The van der Waals surface area contributed by atoms with Crippen molar-refractivity contribution in [2.24, 2.45) is 0 Å². The first-order valence-corrected chi connectivity index (χ1v) is 4.78. The van der Waals surface area contributed by atoms with Crippen molar-refractivity contribution >= 4 is 0 Å². The van der Waals surface area contributed by atoms with Gasteiger partial charge in [-0.25, -0.2) is 4.39 Å². The molecule has 3 heteroatoms. The molecule has 1 aromatic carbocycles. The zero-order valence-electron chi connectivity index (χ0n) is 8.63. The first kappa shape index (κ1) is 11.5. The van der Waals surface area contributed by atoms with E-state index in [9.17, 15) is 9.50 Å². The van der Waals surface area contributed by atoms with Crippen LogP contribution >= 0.6 is 0 Å². The van der Waals surface area contributed by atoms with E-state index >= 15 is 0 Å². The van der Waals surface area contributed by atoms with E-state index in [2.05, 4.69) is 11.2 Å². The summed E-state index contributed by atoms with van der Waals surface area (Å²) in [5.74, 6) is 1.64. The van der Waals surface area contributed by atoms with Gasteiger partial charge in [-0.2, -0.15) is 0 Å². The van der Waals surface area contributed by atoms with Gasteiger partial charge in [-0.15, -0.1) is 12.3 Å². The highest BCUT2D eigenvalue weighted by Gasteiger charge is 2.07. The van der Waals surface area contributed by atoms with Crippen LogP contribution in [0.5, 0.6) is 5.75 Å². The average Bonchev–Trinajstić information content (AvgIpc) is 2.21. The lowest BCUT2D eigenvalue weighted by atomic mass is 10.1. The molecule has 0 radical (unpaired) electrons. The van der Waals surface area contributed by atoms with Crippen LogP contribution < -0.4 is 5.32 Å². The van der Waals surface area contributed by atoms with E-state index in [-0.39, 0.29) is 11.8 Å². The van der Waals surface area contributed by atoms with Gasteiger partial charge in [0.25, 0.3) is 0 Å². The maximum Gasteiger partial charge on any atom is 0.165 e. The van der Waals surface area contributed by atoms with Crippen LogP contribution in [0.4, 0.5) is 4.39 Å². The molecule has 0 aliphatic carbocycles. The van der Waals surface area contributed by atoms with Gasteiger partial charge < -0.3 is 10.4 Å². The highest BCUT2D eigenvalue weighted by Crippen LogP contribution is 2.20. The van der Waals surface area contributed by atoms with Crippen LogP contribution in [0.1, 0.15) is 18.9 Å². The van der Waals surface area contributed by atoms with Crippen molar-refractivity contribution in [2.75, 3.05) is 0 Å². The zero-order valence-corrected chi connectivity index (χ0v) is 8.63. The molecule has 0 aliphatic rings. The Morgan fingerprint density at radius 2 is 2.33 bits per heavy atom. The number of para-hydroxylation sites is 1. The molecule has 0 heterocycles. The number of phenolic OH excluding ortho intramolecular Hbond substituents is 1. The summed E-state index contributed by atoms with van der Waals surface area (Å²) in [4.78, 5) is 0. The molecule has 2 nitrogen and oxygen atoms in total. The zero-order chi connectivity index (χ0) is 11.3. The monoisotopic (exact) mass is 207 g/mol. The van der Waals surface area contributed by atoms with Crippen LogP contribution in [0.3, 0.4) is 0 Å². The topological polar surface area (TPSA) is 32.3 Å². The normalized spacial score (nSPS) is 12.1. The molecular formula is C12H14FNO. The largest absolute Gasteiger partial charge is 0.505 e. The molecule has 0 saturated heterocycles. The number of benzene rings is 1. The van der Waals surface area contributed by atoms with Gasteiger partial charge >= 0.3 is 0 Å². The number of hydrogen-bond donors (Lipinski definition) is 2. The van der Waals surface area contributed by atoms with E-state index in [1.54, 1.807) is 12.1 Å². The smallest absolute Gasteiger partial charge is 0.165 e. The Labute approximate surface area is 89.1 Å². The summed E-state index contributed by atoms with van der Waals surface area (Å²) in [6.45, 7) is 2.35. The molecule has 80 valence electrons. The second kappa shape index (κ2) is 5.38. The van der Waals surface area contributed by atoms with Gasteiger partial charge in [0.05, 0.1) is 0 Å². The van der Waals surface area contributed by atoms with Crippen molar-refractivity contribution in [3.63, 3.8) is 0 Å². The molecule has 0 aliphatic heterocycles. The Bertz CT molecular complexity index is 370. The van der Waals surface area contributed by atoms with Gasteiger partial charge in [0.15, 0.2) is 11.6 Å². The molecule has 2 N–H and O–H groups in total. The lowest BCUT2D eigenvalue weighted by Crippen LogP contribution is -2.24. The van der Waals surface area contributed by atoms with Crippen molar-refractivity contribution in [3.05, 3.63) is 29.6 Å². The molecule has 0 spiro atoms. The molecular weight excluding hydrogens is 193 g/mol. The first-order valence-electron chi connectivity index (χ1n) is 4.78. The summed E-state index contributed by atoms with van der Waals surface area (Å²) in [6.07, 6.45) is 5.76. The lowest BCUT2D eigenvalue weighted by Gasteiger charge is -2.11. The molecule has 0 amide bonds. The Hall–Kier alpha value is -1.53. The van der Waals surface area contributed by atoms with E-state index in [0.29, 0.717) is 18.5 Å². The van der Waals surface area contributed by atoms with Crippen molar-refractivity contribution in [2.45, 2.75) is 25.9 Å². The Morgan fingerprint density at radius 1 is 1.60 bits per heavy atom. The van der Waals surface area contributed by atoms with Crippen molar-refractivity contribution < 1.29 is 9.50 Å². The molecule has 0 bridgehead atoms. The number of phenols is 1. The standard InChI is InChI=1S/C12H14FNO/c1-3-5-9(2)14-8-10-6-4-7-11(13)12(10)15/h1,4,6-7,9,14-15H,5,8H2,2H3. The van der Waals surface area contributed by atoms with Crippen molar-refractivity contribution in [1.82, 2.24) is 5.32 Å². The van der Waals surface area contributed by atoms with Gasteiger partial charge in [0.1, 0.15) is 0 Å². The minimum Gasteiger partial charge on any atom is -0.505 e. The summed E-state index contributed by atoms with van der Waals surface area (Å²) in [7, 11) is 0. The van der Waals surface area contributed by atoms with Crippen LogP contribution in [0.15, 0.2) is 18.2 Å². The molecule has 1 aromatic rings. The number of halogens is 1. The maximum absolute atomic E-state index is 12.9. The third kappa shape index (κ3) is 3.26. The first-order chi connectivity index (χ1) is 7.15. The van der Waals surface area contributed by atoms with Gasteiger partial charge in [-0.05, 0) is 13.0 Å². The highest BCUT2D eigenvalue weighted by atomic mass is 19.1. The lowest BCUT2D eigenvalue weighted by molar-refractivity contribution is 0.420. The minimum atomic E-state index is -0.598. The fourth-order valence-corrected chi connectivity index (χ4v) is 1.24. The molecule has 1 atom stereocenters. The van der Waals surface area contributed by atoms with E-state index in [1.807, 2.05) is 6.92 Å². The fraction of sp³-hybridized carbons (Fsp3) is 0.333. The second-order valence-electron chi connectivity index (χ2n) is 3.44. The number of hydrogen-bond acceptors (Lipinski definition) is 2. The molecule has 0 aromatic heterocycles. The van der Waals surface area contributed by atoms with Gasteiger partial charge in [-0.1, -0.05) is 12.1 Å². The number of rotatable bonds is 4. The summed E-state index contributed by atoms with van der Waals surface area (Å²) in [6, 6.07) is 4.62.